The molecule has 0 spiro atoms. The molecule has 0 aromatic carbocycles. The third-order valence-corrected chi connectivity index (χ3v) is 6.85. The molecular formula is C23H30N6O2. The van der Waals surface area contributed by atoms with Crippen LogP contribution in [0.2, 0.25) is 0 Å². The van der Waals surface area contributed by atoms with E-state index in [0.29, 0.717) is 35.1 Å². The zero-order valence-corrected chi connectivity index (χ0v) is 18.0. The Bertz CT molecular complexity index is 1080. The number of hydrogen-bond donors (Lipinski definition) is 5. The highest BCUT2D eigenvalue weighted by atomic mass is 16.3. The van der Waals surface area contributed by atoms with Crippen LogP contribution in [0.5, 0.6) is 0 Å². The van der Waals surface area contributed by atoms with Gasteiger partial charge >= 0.3 is 0 Å². The molecule has 5 rings (SSSR count). The number of aliphatic hydroxyl groups is 2. The number of nitrogens with one attached hydrogen (secondary N) is 3. The highest BCUT2D eigenvalue weighted by molar-refractivity contribution is 5.91. The number of nitrogens with zero attached hydrogens (tertiary/aromatic N) is 3. The van der Waals surface area contributed by atoms with Crippen molar-refractivity contribution in [2.24, 2.45) is 17.8 Å². The van der Waals surface area contributed by atoms with Crippen molar-refractivity contribution in [1.29, 1.82) is 0 Å². The van der Waals surface area contributed by atoms with Crippen molar-refractivity contribution in [3.05, 3.63) is 36.2 Å². The molecule has 2 aliphatic carbocycles. The van der Waals surface area contributed by atoms with Crippen LogP contribution in [0, 0.1) is 17.8 Å². The van der Waals surface area contributed by atoms with Gasteiger partial charge in [0, 0.05) is 29.8 Å². The molecule has 0 radical (unpaired) electrons. The highest BCUT2D eigenvalue weighted by Crippen LogP contribution is 2.47. The first-order valence-electron chi connectivity index (χ1n) is 11.1. The second kappa shape index (κ2) is 7.76. The minimum absolute atomic E-state index is 0.0973. The van der Waals surface area contributed by atoms with Crippen molar-refractivity contribution in [2.45, 2.75) is 57.8 Å². The number of aromatic amines is 1. The number of anilines is 3. The SMILES string of the molecule is CC1CC2CC(CC(C)(O)C2)C1Nc1nc(Nc2cc(CO)[nH]n2)cc2ncccc12. The topological polar surface area (TPSA) is 119 Å². The molecule has 3 heterocycles. The second-order valence-corrected chi connectivity index (χ2v) is 9.64. The summed E-state index contributed by atoms with van der Waals surface area (Å²) in [5.74, 6) is 3.55. The van der Waals surface area contributed by atoms with Crippen molar-refractivity contribution in [2.75, 3.05) is 10.6 Å². The lowest BCUT2D eigenvalue weighted by molar-refractivity contribution is -0.0501. The maximum absolute atomic E-state index is 10.8. The maximum Gasteiger partial charge on any atom is 0.153 e. The van der Waals surface area contributed by atoms with Gasteiger partial charge in [-0.05, 0) is 62.5 Å². The van der Waals surface area contributed by atoms with Gasteiger partial charge in [-0.3, -0.25) is 10.1 Å². The van der Waals surface area contributed by atoms with E-state index in [1.54, 1.807) is 12.3 Å². The summed E-state index contributed by atoms with van der Waals surface area (Å²) in [6.07, 6.45) is 5.78. The summed E-state index contributed by atoms with van der Waals surface area (Å²) < 4.78 is 0. The summed E-state index contributed by atoms with van der Waals surface area (Å²) in [7, 11) is 0. The zero-order valence-electron chi connectivity index (χ0n) is 18.0. The van der Waals surface area contributed by atoms with Gasteiger partial charge in [-0.2, -0.15) is 5.10 Å². The molecule has 2 aliphatic rings. The predicted molar refractivity (Wildman–Crippen MR) is 120 cm³/mol. The molecule has 3 aromatic rings. The van der Waals surface area contributed by atoms with Crippen molar-refractivity contribution < 1.29 is 10.2 Å². The van der Waals surface area contributed by atoms with Crippen molar-refractivity contribution in [1.82, 2.24) is 20.2 Å². The van der Waals surface area contributed by atoms with Crippen LogP contribution in [0.3, 0.4) is 0 Å². The molecule has 5 unspecified atom stereocenters. The number of rotatable bonds is 5. The van der Waals surface area contributed by atoms with Crippen molar-refractivity contribution in [3.63, 3.8) is 0 Å². The van der Waals surface area contributed by atoms with Gasteiger partial charge in [0.25, 0.3) is 0 Å². The molecule has 0 amide bonds. The van der Waals surface area contributed by atoms with Gasteiger partial charge in [-0.15, -0.1) is 0 Å². The Hall–Kier alpha value is -2.71. The van der Waals surface area contributed by atoms with Gasteiger partial charge in [0.1, 0.15) is 11.6 Å². The van der Waals surface area contributed by atoms with E-state index >= 15 is 0 Å². The standard InChI is InChI=1S/C23H30N6O2/c1-13-6-14-7-15(11-23(2,31)10-14)21(13)27-22-17-4-3-5-24-18(17)9-19(26-22)25-20-8-16(12-30)28-29-20/h3-5,8-9,13-15,21,30-31H,6-7,10-12H2,1-2H3,(H3,25,26,27,28,29). The molecule has 5 N–H and O–H groups in total. The average Bonchev–Trinajstić information content (AvgIpc) is 3.17. The van der Waals surface area contributed by atoms with E-state index in [-0.39, 0.29) is 12.6 Å². The van der Waals surface area contributed by atoms with Gasteiger partial charge in [0.15, 0.2) is 5.82 Å². The molecule has 3 aromatic heterocycles. The largest absolute Gasteiger partial charge is 0.390 e. The van der Waals surface area contributed by atoms with Crippen molar-refractivity contribution >= 4 is 28.4 Å². The summed E-state index contributed by atoms with van der Waals surface area (Å²) in [4.78, 5) is 9.40. The fraction of sp³-hybridized carbons (Fsp3) is 0.522. The fourth-order valence-electron chi connectivity index (χ4n) is 5.76. The number of fused-ring (bicyclic) bond motifs is 3. The van der Waals surface area contributed by atoms with Crippen LogP contribution in [0.15, 0.2) is 30.5 Å². The van der Waals surface area contributed by atoms with E-state index in [2.05, 4.69) is 32.7 Å². The van der Waals surface area contributed by atoms with Crippen LogP contribution in [0.25, 0.3) is 10.9 Å². The van der Waals surface area contributed by atoms with Crippen LogP contribution < -0.4 is 10.6 Å². The summed E-state index contributed by atoms with van der Waals surface area (Å²) >= 11 is 0. The number of aliphatic hydroxyl groups excluding tert-OH is 1. The van der Waals surface area contributed by atoms with Crippen LogP contribution in [0.1, 0.15) is 45.2 Å². The fourth-order valence-corrected chi connectivity index (χ4v) is 5.76. The Kier molecular flexibility index (Phi) is 5.06. The molecule has 0 aliphatic heterocycles. The lowest BCUT2D eigenvalue weighted by atomic mass is 9.61. The monoisotopic (exact) mass is 422 g/mol. The van der Waals surface area contributed by atoms with E-state index in [9.17, 15) is 10.2 Å². The molecule has 8 heteroatoms. The van der Waals surface area contributed by atoms with Crippen LogP contribution in [-0.2, 0) is 6.61 Å². The van der Waals surface area contributed by atoms with Gasteiger partial charge in [0.2, 0.25) is 0 Å². The molecular weight excluding hydrogens is 392 g/mol. The average molecular weight is 423 g/mol. The van der Waals surface area contributed by atoms with Crippen molar-refractivity contribution in [3.8, 4) is 0 Å². The van der Waals surface area contributed by atoms with E-state index in [0.717, 1.165) is 42.4 Å². The third-order valence-electron chi connectivity index (χ3n) is 6.85. The quantitative estimate of drug-likeness (QED) is 0.426. The van der Waals surface area contributed by atoms with Crippen LogP contribution >= 0.6 is 0 Å². The first-order chi connectivity index (χ1) is 14.9. The summed E-state index contributed by atoms with van der Waals surface area (Å²) in [6, 6.07) is 7.87. The van der Waals surface area contributed by atoms with E-state index in [4.69, 9.17) is 4.98 Å². The van der Waals surface area contributed by atoms with Crippen LogP contribution in [-0.4, -0.2) is 42.0 Å². The molecule has 2 saturated carbocycles. The summed E-state index contributed by atoms with van der Waals surface area (Å²) in [5, 5.41) is 34.9. The molecule has 31 heavy (non-hydrogen) atoms. The smallest absolute Gasteiger partial charge is 0.153 e. The van der Waals surface area contributed by atoms with Gasteiger partial charge in [0.05, 0.1) is 23.4 Å². The minimum Gasteiger partial charge on any atom is -0.390 e. The minimum atomic E-state index is -0.585. The zero-order chi connectivity index (χ0) is 21.6. The summed E-state index contributed by atoms with van der Waals surface area (Å²) in [6.45, 7) is 4.19. The summed E-state index contributed by atoms with van der Waals surface area (Å²) in [5.41, 5.74) is 0.894. The van der Waals surface area contributed by atoms with Crippen LogP contribution in [0.4, 0.5) is 17.5 Å². The molecule has 2 bridgehead atoms. The maximum atomic E-state index is 10.8. The number of aromatic nitrogens is 4. The Morgan fingerprint density at radius 2 is 2.10 bits per heavy atom. The Morgan fingerprint density at radius 1 is 1.23 bits per heavy atom. The van der Waals surface area contributed by atoms with E-state index in [1.165, 1.54) is 0 Å². The van der Waals surface area contributed by atoms with E-state index in [1.807, 2.05) is 25.1 Å². The molecule has 0 saturated heterocycles. The Labute approximate surface area is 181 Å². The lowest BCUT2D eigenvalue weighted by Gasteiger charge is -2.49. The number of H-pyrrole nitrogens is 1. The number of pyridine rings is 2. The molecule has 164 valence electrons. The number of hydrogen-bond acceptors (Lipinski definition) is 7. The molecule has 2 fully saturated rings. The second-order valence-electron chi connectivity index (χ2n) is 9.64. The predicted octanol–water partition coefficient (Wildman–Crippen LogP) is 3.58. The molecule has 8 nitrogen and oxygen atoms in total. The van der Waals surface area contributed by atoms with Gasteiger partial charge in [-0.1, -0.05) is 6.92 Å². The Morgan fingerprint density at radius 3 is 2.90 bits per heavy atom. The lowest BCUT2D eigenvalue weighted by Crippen LogP contribution is -2.50. The van der Waals surface area contributed by atoms with E-state index < -0.39 is 5.60 Å². The first kappa shape index (κ1) is 20.2. The first-order valence-corrected chi connectivity index (χ1v) is 11.1. The van der Waals surface area contributed by atoms with Gasteiger partial charge in [-0.25, -0.2) is 4.98 Å². The highest BCUT2D eigenvalue weighted by Gasteiger charge is 2.45. The normalized spacial score (nSPS) is 30.3. The van der Waals surface area contributed by atoms with Gasteiger partial charge < -0.3 is 20.8 Å². The molecule has 5 atom stereocenters. The Balaban J connectivity index is 1.47. The third kappa shape index (κ3) is 4.09.